The first kappa shape index (κ1) is 48.0. The van der Waals surface area contributed by atoms with Gasteiger partial charge in [-0.1, -0.05) is 70.2 Å². The lowest BCUT2D eigenvalue weighted by Gasteiger charge is -2.22. The molecule has 3 aromatic rings. The molecular formula is C46H64F2N6O2S2+2. The maximum absolute atomic E-state index is 13.8. The summed E-state index contributed by atoms with van der Waals surface area (Å²) in [5.41, 5.74) is 5.96. The molecule has 8 nitrogen and oxygen atoms in total. The lowest BCUT2D eigenvalue weighted by atomic mass is 10.1. The van der Waals surface area contributed by atoms with Gasteiger partial charge in [0.2, 0.25) is 11.8 Å². The maximum atomic E-state index is 13.8. The average Bonchev–Trinajstić information content (AvgIpc) is 3.23. The van der Waals surface area contributed by atoms with Gasteiger partial charge < -0.3 is 24.9 Å². The summed E-state index contributed by atoms with van der Waals surface area (Å²) in [7, 11) is 15.1. The Hall–Kier alpha value is -4.39. The molecule has 0 unspecified atom stereocenters. The van der Waals surface area contributed by atoms with Crippen LogP contribution in [0.25, 0.3) is 18.2 Å². The fourth-order valence-electron chi connectivity index (χ4n) is 5.87. The zero-order valence-corrected chi connectivity index (χ0v) is 36.9. The molecule has 58 heavy (non-hydrogen) atoms. The van der Waals surface area contributed by atoms with Crippen molar-refractivity contribution in [3.8, 4) is 0 Å². The minimum Gasteiger partial charge on any atom is -0.375 e. The van der Waals surface area contributed by atoms with E-state index in [1.165, 1.54) is 10.6 Å². The lowest BCUT2D eigenvalue weighted by Crippen LogP contribution is -2.72. The Bertz CT molecular complexity index is 1800. The number of quaternary nitrogens is 1. The molecule has 0 aliphatic rings. The van der Waals surface area contributed by atoms with Gasteiger partial charge in [-0.05, 0) is 84.4 Å². The van der Waals surface area contributed by atoms with Crippen molar-refractivity contribution >= 4 is 63.0 Å². The van der Waals surface area contributed by atoms with Gasteiger partial charge in [-0.15, -0.1) is 4.39 Å². The number of carbonyl (C=O) groups is 2. The van der Waals surface area contributed by atoms with Crippen LogP contribution < -0.4 is 19.7 Å². The molecule has 0 aliphatic heterocycles. The van der Waals surface area contributed by atoms with Crippen molar-refractivity contribution in [1.82, 2.24) is 9.80 Å². The van der Waals surface area contributed by atoms with Crippen molar-refractivity contribution < 1.29 is 28.3 Å². The van der Waals surface area contributed by atoms with Crippen LogP contribution in [-0.2, 0) is 16.6 Å². The third-order valence-corrected chi connectivity index (χ3v) is 12.2. The highest BCUT2D eigenvalue weighted by atomic mass is 33.1. The summed E-state index contributed by atoms with van der Waals surface area (Å²) in [6.07, 6.45) is 19.3. The quantitative estimate of drug-likeness (QED) is 0.0295. The summed E-state index contributed by atoms with van der Waals surface area (Å²) in [6, 6.07) is 19.9. The van der Waals surface area contributed by atoms with E-state index in [4.69, 9.17) is 0 Å². The van der Waals surface area contributed by atoms with E-state index in [9.17, 15) is 18.4 Å². The van der Waals surface area contributed by atoms with Gasteiger partial charge >= 0.3 is 5.95 Å². The largest absolute Gasteiger partial charge is 0.375 e. The number of anilines is 2. The van der Waals surface area contributed by atoms with Crippen molar-refractivity contribution in [3.63, 3.8) is 0 Å². The minimum atomic E-state index is -0.497. The first-order valence-corrected chi connectivity index (χ1v) is 22.6. The highest BCUT2D eigenvalue weighted by Gasteiger charge is 2.11. The number of aromatic nitrogens is 1. The molecule has 2 aromatic carbocycles. The molecule has 12 heteroatoms. The second-order valence-corrected chi connectivity index (χ2v) is 17.0. The van der Waals surface area contributed by atoms with Gasteiger partial charge in [0.1, 0.15) is 13.7 Å². The van der Waals surface area contributed by atoms with Crippen LogP contribution in [0.4, 0.5) is 20.2 Å². The van der Waals surface area contributed by atoms with Gasteiger partial charge in [0.25, 0.3) is 0 Å². The second-order valence-electron chi connectivity index (χ2n) is 14.3. The fraction of sp³-hybridized carbons (Fsp3) is 0.413. The van der Waals surface area contributed by atoms with Crippen molar-refractivity contribution in [2.45, 2.75) is 38.5 Å². The van der Waals surface area contributed by atoms with Gasteiger partial charge in [-0.25, -0.2) is 4.39 Å². The van der Waals surface area contributed by atoms with Gasteiger partial charge in [0, 0.05) is 102 Å². The number of nitrogens with zero attached hydrogens (tertiary/aromatic N) is 5. The third-order valence-electron chi connectivity index (χ3n) is 9.66. The minimum absolute atomic E-state index is 0.176. The number of allylic oxidation sites excluding steroid dienone is 4. The van der Waals surface area contributed by atoms with E-state index >= 15 is 0 Å². The molecule has 314 valence electrons. The smallest absolute Gasteiger partial charge is 0.359 e. The maximum Gasteiger partial charge on any atom is 0.359 e. The van der Waals surface area contributed by atoms with Crippen molar-refractivity contribution in [1.29, 1.82) is 0 Å². The molecule has 0 radical (unpaired) electrons. The predicted molar refractivity (Wildman–Crippen MR) is 244 cm³/mol. The van der Waals surface area contributed by atoms with Crippen LogP contribution in [0.5, 0.6) is 0 Å². The Morgan fingerprint density at radius 2 is 1.19 bits per heavy atom. The number of hydrogen-bond acceptors (Lipinski definition) is 6. The van der Waals surface area contributed by atoms with Crippen molar-refractivity contribution in [2.75, 3.05) is 89.4 Å². The number of pyridine rings is 1. The van der Waals surface area contributed by atoms with E-state index in [-0.39, 0.29) is 17.8 Å². The molecule has 2 amide bonds. The number of nitrogens with two attached hydrogens (primary N) is 1. The Balaban J connectivity index is 1.20. The molecule has 0 saturated carbocycles. The summed E-state index contributed by atoms with van der Waals surface area (Å²) in [6.45, 7) is 2.61. The second kappa shape index (κ2) is 27.3. The Labute approximate surface area is 354 Å². The van der Waals surface area contributed by atoms with Crippen LogP contribution in [-0.4, -0.2) is 101 Å². The number of benzene rings is 2. The van der Waals surface area contributed by atoms with E-state index in [2.05, 4.69) is 72.4 Å². The van der Waals surface area contributed by atoms with Crippen LogP contribution in [0.2, 0.25) is 0 Å². The summed E-state index contributed by atoms with van der Waals surface area (Å²) in [5.74, 6) is 1.90. The first-order valence-electron chi connectivity index (χ1n) is 20.1. The summed E-state index contributed by atoms with van der Waals surface area (Å²) in [5, 5.41) is 1.92. The lowest BCUT2D eigenvalue weighted by molar-refractivity contribution is -0.700. The Morgan fingerprint density at radius 1 is 0.690 bits per heavy atom. The number of amides is 2. The molecule has 0 saturated heterocycles. The Morgan fingerprint density at radius 3 is 1.67 bits per heavy atom. The van der Waals surface area contributed by atoms with E-state index in [0.29, 0.717) is 25.9 Å². The number of aryl methyl sites for hydroxylation is 1. The fourth-order valence-corrected chi connectivity index (χ4v) is 8.05. The zero-order chi connectivity index (χ0) is 42.1. The monoisotopic (exact) mass is 834 g/mol. The van der Waals surface area contributed by atoms with E-state index in [1.54, 1.807) is 40.9 Å². The van der Waals surface area contributed by atoms with Crippen LogP contribution >= 0.6 is 21.6 Å². The molecule has 0 spiro atoms. The zero-order valence-electron chi connectivity index (χ0n) is 35.3. The standard InChI is InChI=1S/C46H63F2N6O2S2/c1-49-29-26-40(25-28-47)14-13-38-17-21-42(22-18-38)50(2)30-9-32-53(5)45(55)11-7-35-57-58-36-8-12-46(56)54(6)33-10-31-51(3)43-23-19-39(20-24-43)15-16-41-27-34-52(4)44(48)37-41/h13-27,29,34,37,49H,7-12,28,30-33,35-36H2,1-6H3/q+1/p+1. The summed E-state index contributed by atoms with van der Waals surface area (Å²) >= 11 is 0. The predicted octanol–water partition coefficient (Wildman–Crippen LogP) is 7.65. The highest BCUT2D eigenvalue weighted by Crippen LogP contribution is 2.24. The molecule has 0 aliphatic carbocycles. The van der Waals surface area contributed by atoms with Crippen LogP contribution in [0.15, 0.2) is 96.9 Å². The van der Waals surface area contributed by atoms with Crippen LogP contribution in [0.1, 0.15) is 55.2 Å². The van der Waals surface area contributed by atoms with E-state index < -0.39 is 6.67 Å². The van der Waals surface area contributed by atoms with E-state index in [1.807, 2.05) is 78.9 Å². The number of alkyl halides is 1. The molecule has 0 bridgehead atoms. The number of halogens is 2. The molecule has 0 atom stereocenters. The first-order chi connectivity index (χ1) is 28.0. The van der Waals surface area contributed by atoms with Crippen LogP contribution in [0, 0.1) is 5.95 Å². The highest BCUT2D eigenvalue weighted by molar-refractivity contribution is 8.76. The Kier molecular flexibility index (Phi) is 22.6. The molecule has 0 fully saturated rings. The van der Waals surface area contributed by atoms with Gasteiger partial charge in [0.05, 0.1) is 13.2 Å². The van der Waals surface area contributed by atoms with Gasteiger partial charge in [-0.2, -0.15) is 4.57 Å². The number of rotatable bonds is 26. The van der Waals surface area contributed by atoms with Crippen molar-refractivity contribution in [2.24, 2.45) is 7.05 Å². The number of hydrogen-bond donors (Lipinski definition) is 1. The SMILES string of the molecule is C[NH2+]C=CC(C=Cc1ccc(N(C)CCCN(C)C(=O)CCCSSCCCC(=O)N(C)CCCN(C)c2ccc(C=Cc3cc[n+](C)c(F)c3)cc2)cc1)=CCF. The topological polar surface area (TPSA) is 67.6 Å². The normalized spacial score (nSPS) is 11.9. The molecular weight excluding hydrogens is 771 g/mol. The summed E-state index contributed by atoms with van der Waals surface area (Å²) < 4.78 is 28.0. The third kappa shape index (κ3) is 18.5. The summed E-state index contributed by atoms with van der Waals surface area (Å²) in [4.78, 5) is 33.4. The number of carbonyl (C=O) groups excluding carboxylic acids is 2. The molecule has 1 aromatic heterocycles. The van der Waals surface area contributed by atoms with E-state index in [0.717, 1.165) is 83.9 Å². The molecule has 2 N–H and O–H groups in total. The van der Waals surface area contributed by atoms with Crippen LogP contribution in [0.3, 0.4) is 0 Å². The van der Waals surface area contributed by atoms with Gasteiger partial charge in [-0.3, -0.25) is 9.59 Å². The van der Waals surface area contributed by atoms with Crippen molar-refractivity contribution in [3.05, 3.63) is 119 Å². The van der Waals surface area contributed by atoms with Gasteiger partial charge in [0.15, 0.2) is 6.20 Å². The average molecular weight is 835 g/mol. The molecule has 1 heterocycles. The molecule has 3 rings (SSSR count).